The Morgan fingerprint density at radius 2 is 1.70 bits per heavy atom. The molecule has 2 aromatic carbocycles. The zero-order valence-corrected chi connectivity index (χ0v) is 12.8. The summed E-state index contributed by atoms with van der Waals surface area (Å²) < 4.78 is 5.11. The highest BCUT2D eigenvalue weighted by atomic mass is 16.5. The van der Waals surface area contributed by atoms with Gasteiger partial charge in [-0.25, -0.2) is 4.79 Å². The van der Waals surface area contributed by atoms with Crippen LogP contribution in [0.1, 0.15) is 27.9 Å². The molecule has 1 N–H and O–H groups in total. The Morgan fingerprint density at radius 3 is 2.39 bits per heavy atom. The summed E-state index contributed by atoms with van der Waals surface area (Å²) in [4.78, 5) is 22.1. The average Bonchev–Trinajstić information content (AvgIpc) is 2.61. The van der Waals surface area contributed by atoms with E-state index >= 15 is 0 Å². The lowest BCUT2D eigenvalue weighted by atomic mass is 10.1. The number of rotatable bonds is 7. The Hall–Kier alpha value is -2.88. The molecule has 0 saturated heterocycles. The number of hydrogen-bond donors (Lipinski definition) is 1. The van der Waals surface area contributed by atoms with Crippen molar-refractivity contribution in [3.63, 3.8) is 0 Å². The number of carbonyl (C=O) groups excluding carboxylic acids is 2. The van der Waals surface area contributed by atoms with Gasteiger partial charge in [0.05, 0.1) is 0 Å². The fraction of sp³-hybridized carbons (Fsp3) is 0.158. The number of aldehydes is 1. The minimum absolute atomic E-state index is 0.269. The lowest BCUT2D eigenvalue weighted by molar-refractivity contribution is 0.112. The normalized spacial score (nSPS) is 10.4. The first-order chi connectivity index (χ1) is 11.3. The summed E-state index contributed by atoms with van der Waals surface area (Å²) in [6, 6.07) is 16.8. The molecule has 0 atom stereocenters. The van der Waals surface area contributed by atoms with Gasteiger partial charge in [-0.2, -0.15) is 0 Å². The van der Waals surface area contributed by atoms with Crippen molar-refractivity contribution < 1.29 is 14.3 Å². The van der Waals surface area contributed by atoms with E-state index in [1.54, 1.807) is 12.1 Å². The molecule has 4 nitrogen and oxygen atoms in total. The summed E-state index contributed by atoms with van der Waals surface area (Å²) in [7, 11) is 0. The Labute approximate surface area is 135 Å². The molecule has 23 heavy (non-hydrogen) atoms. The first-order valence-corrected chi connectivity index (χ1v) is 7.44. The van der Waals surface area contributed by atoms with Crippen LogP contribution in [-0.4, -0.2) is 18.9 Å². The Bertz CT molecular complexity index is 648. The van der Waals surface area contributed by atoms with Gasteiger partial charge in [0.2, 0.25) is 0 Å². The fourth-order valence-electron chi connectivity index (χ4n) is 1.94. The van der Waals surface area contributed by atoms with Gasteiger partial charge in [-0.15, -0.1) is 0 Å². The number of alkyl carbamates (subject to hydrolysis) is 1. The molecular formula is C19H19NO3. The summed E-state index contributed by atoms with van der Waals surface area (Å²) in [6.07, 6.45) is 5.02. The van der Waals surface area contributed by atoms with Gasteiger partial charge < -0.3 is 10.1 Å². The number of nitrogens with one attached hydrogen (secondary N) is 1. The van der Waals surface area contributed by atoms with Crippen LogP contribution in [-0.2, 0) is 11.3 Å². The molecule has 0 saturated carbocycles. The van der Waals surface area contributed by atoms with Crippen LogP contribution in [0.15, 0.2) is 60.7 Å². The SMILES string of the molecule is O=Cc1ccc(C=CCCNC(=O)OCc2ccccc2)cc1. The van der Waals surface area contributed by atoms with Crippen molar-refractivity contribution in [3.8, 4) is 0 Å². The van der Waals surface area contributed by atoms with E-state index in [0.717, 1.165) is 17.4 Å². The summed E-state index contributed by atoms with van der Waals surface area (Å²) in [6.45, 7) is 0.780. The third-order valence-corrected chi connectivity index (χ3v) is 3.18. The van der Waals surface area contributed by atoms with Crippen molar-refractivity contribution in [2.45, 2.75) is 13.0 Å². The van der Waals surface area contributed by atoms with Crippen LogP contribution >= 0.6 is 0 Å². The van der Waals surface area contributed by atoms with Gasteiger partial charge in [-0.3, -0.25) is 4.79 Å². The Kier molecular flexibility index (Phi) is 6.60. The minimum Gasteiger partial charge on any atom is -0.445 e. The molecule has 0 fully saturated rings. The summed E-state index contributed by atoms with van der Waals surface area (Å²) in [5.41, 5.74) is 2.63. The smallest absolute Gasteiger partial charge is 0.407 e. The molecule has 0 unspecified atom stereocenters. The highest BCUT2D eigenvalue weighted by Crippen LogP contribution is 2.05. The van der Waals surface area contributed by atoms with Gasteiger partial charge in [-0.1, -0.05) is 66.7 Å². The van der Waals surface area contributed by atoms with Crippen LogP contribution in [0.5, 0.6) is 0 Å². The van der Waals surface area contributed by atoms with Crippen LogP contribution in [0.2, 0.25) is 0 Å². The molecule has 0 spiro atoms. The first kappa shape index (κ1) is 16.5. The third kappa shape index (κ3) is 6.18. The van der Waals surface area contributed by atoms with Crippen molar-refractivity contribution in [1.29, 1.82) is 0 Å². The molecule has 4 heteroatoms. The monoisotopic (exact) mass is 309 g/mol. The highest BCUT2D eigenvalue weighted by molar-refractivity contribution is 5.75. The molecular weight excluding hydrogens is 290 g/mol. The van der Waals surface area contributed by atoms with Crippen molar-refractivity contribution in [2.24, 2.45) is 0 Å². The molecule has 2 aromatic rings. The average molecular weight is 309 g/mol. The van der Waals surface area contributed by atoms with E-state index < -0.39 is 6.09 Å². The predicted octanol–water partition coefficient (Wildman–Crippen LogP) is 3.83. The molecule has 0 aromatic heterocycles. The maximum Gasteiger partial charge on any atom is 0.407 e. The van der Waals surface area contributed by atoms with Gasteiger partial charge in [0.1, 0.15) is 12.9 Å². The van der Waals surface area contributed by atoms with Gasteiger partial charge >= 0.3 is 6.09 Å². The molecule has 2 rings (SSSR count). The van der Waals surface area contributed by atoms with Crippen molar-refractivity contribution >= 4 is 18.5 Å². The molecule has 0 aliphatic carbocycles. The molecule has 118 valence electrons. The predicted molar refractivity (Wildman–Crippen MR) is 90.1 cm³/mol. The quantitative estimate of drug-likeness (QED) is 0.624. The van der Waals surface area contributed by atoms with E-state index in [9.17, 15) is 9.59 Å². The van der Waals surface area contributed by atoms with Crippen LogP contribution in [0.25, 0.3) is 6.08 Å². The number of amides is 1. The maximum atomic E-state index is 11.5. The van der Waals surface area contributed by atoms with Gasteiger partial charge in [0, 0.05) is 12.1 Å². The van der Waals surface area contributed by atoms with Gasteiger partial charge in [-0.05, 0) is 17.5 Å². The number of hydrogen-bond acceptors (Lipinski definition) is 3. The van der Waals surface area contributed by atoms with E-state index in [1.807, 2.05) is 54.6 Å². The fourth-order valence-corrected chi connectivity index (χ4v) is 1.94. The largest absolute Gasteiger partial charge is 0.445 e. The van der Waals surface area contributed by atoms with Gasteiger partial charge in [0.25, 0.3) is 0 Å². The van der Waals surface area contributed by atoms with E-state index in [0.29, 0.717) is 18.5 Å². The second-order valence-electron chi connectivity index (χ2n) is 4.96. The highest BCUT2D eigenvalue weighted by Gasteiger charge is 2.00. The summed E-state index contributed by atoms with van der Waals surface area (Å²) in [5, 5.41) is 2.70. The lowest BCUT2D eigenvalue weighted by Gasteiger charge is -2.05. The van der Waals surface area contributed by atoms with E-state index in [2.05, 4.69) is 5.32 Å². The zero-order chi connectivity index (χ0) is 16.3. The Balaban J connectivity index is 1.63. The first-order valence-electron chi connectivity index (χ1n) is 7.44. The van der Waals surface area contributed by atoms with Crippen LogP contribution in [0.3, 0.4) is 0 Å². The van der Waals surface area contributed by atoms with Crippen LogP contribution in [0.4, 0.5) is 4.79 Å². The molecule has 0 bridgehead atoms. The van der Waals surface area contributed by atoms with Crippen molar-refractivity contribution in [2.75, 3.05) is 6.54 Å². The molecule has 0 aliphatic rings. The molecule has 0 aliphatic heterocycles. The minimum atomic E-state index is -0.419. The van der Waals surface area contributed by atoms with Crippen LogP contribution < -0.4 is 5.32 Å². The zero-order valence-electron chi connectivity index (χ0n) is 12.8. The van der Waals surface area contributed by atoms with E-state index in [-0.39, 0.29) is 6.61 Å². The summed E-state index contributed by atoms with van der Waals surface area (Å²) in [5.74, 6) is 0. The molecule has 0 heterocycles. The topological polar surface area (TPSA) is 55.4 Å². The Morgan fingerprint density at radius 1 is 1.00 bits per heavy atom. The van der Waals surface area contributed by atoms with Crippen molar-refractivity contribution in [1.82, 2.24) is 5.32 Å². The van der Waals surface area contributed by atoms with Crippen LogP contribution in [0, 0.1) is 0 Å². The van der Waals surface area contributed by atoms with Crippen molar-refractivity contribution in [3.05, 3.63) is 77.4 Å². The number of carbonyl (C=O) groups is 2. The van der Waals surface area contributed by atoms with Gasteiger partial charge in [0.15, 0.2) is 0 Å². The third-order valence-electron chi connectivity index (χ3n) is 3.18. The number of ether oxygens (including phenoxy) is 1. The summed E-state index contributed by atoms with van der Waals surface area (Å²) >= 11 is 0. The second kappa shape index (κ2) is 9.20. The molecule has 1 amide bonds. The number of benzene rings is 2. The standard InChI is InChI=1S/C19H19NO3/c21-14-17-11-9-16(10-12-17)6-4-5-13-20-19(22)23-15-18-7-2-1-3-8-18/h1-4,6-12,14H,5,13,15H2,(H,20,22). The molecule has 0 radical (unpaired) electrons. The van der Waals surface area contributed by atoms with E-state index in [1.165, 1.54) is 0 Å². The van der Waals surface area contributed by atoms with E-state index in [4.69, 9.17) is 4.74 Å². The lowest BCUT2D eigenvalue weighted by Crippen LogP contribution is -2.24. The maximum absolute atomic E-state index is 11.5. The second-order valence-corrected chi connectivity index (χ2v) is 4.96.